The first-order valence-electron chi connectivity index (χ1n) is 9.08. The van der Waals surface area contributed by atoms with Crippen molar-refractivity contribution in [1.29, 1.82) is 0 Å². The summed E-state index contributed by atoms with van der Waals surface area (Å²) in [7, 11) is 0. The van der Waals surface area contributed by atoms with Gasteiger partial charge in [-0.05, 0) is 25.8 Å². The molecule has 1 saturated carbocycles. The van der Waals surface area contributed by atoms with Crippen LogP contribution in [0.3, 0.4) is 0 Å². The maximum absolute atomic E-state index is 12.2. The van der Waals surface area contributed by atoms with Gasteiger partial charge in [0.2, 0.25) is 5.91 Å². The maximum atomic E-state index is 12.2. The summed E-state index contributed by atoms with van der Waals surface area (Å²) >= 11 is 3.19. The highest BCUT2D eigenvalue weighted by Crippen LogP contribution is 2.34. The average Bonchev–Trinajstić information content (AvgIpc) is 3.38. The van der Waals surface area contributed by atoms with E-state index in [-0.39, 0.29) is 5.91 Å². The molecule has 1 fully saturated rings. The van der Waals surface area contributed by atoms with Gasteiger partial charge in [0, 0.05) is 33.6 Å². The van der Waals surface area contributed by atoms with Crippen molar-refractivity contribution in [1.82, 2.24) is 20.1 Å². The number of thioether (sulfide) groups is 1. The minimum Gasteiger partial charge on any atom is -0.353 e. The van der Waals surface area contributed by atoms with Gasteiger partial charge in [-0.3, -0.25) is 4.79 Å². The zero-order chi connectivity index (χ0) is 17.9. The van der Waals surface area contributed by atoms with Crippen LogP contribution in [0.15, 0.2) is 34.8 Å². The van der Waals surface area contributed by atoms with Crippen LogP contribution < -0.4 is 5.32 Å². The Bertz CT molecular complexity index is 911. The highest BCUT2D eigenvalue weighted by molar-refractivity contribution is 7.99. The van der Waals surface area contributed by atoms with Gasteiger partial charge in [-0.2, -0.15) is 0 Å². The number of nitrogens with zero attached hydrogens (tertiary/aromatic N) is 3. The Morgan fingerprint density at radius 2 is 2.12 bits per heavy atom. The van der Waals surface area contributed by atoms with Crippen LogP contribution in [0.2, 0.25) is 0 Å². The maximum Gasteiger partial charge on any atom is 0.230 e. The highest BCUT2D eigenvalue weighted by Gasteiger charge is 2.19. The van der Waals surface area contributed by atoms with Gasteiger partial charge in [-0.15, -0.1) is 21.5 Å². The zero-order valence-electron chi connectivity index (χ0n) is 14.8. The zero-order valence-corrected chi connectivity index (χ0v) is 16.4. The van der Waals surface area contributed by atoms with E-state index in [4.69, 9.17) is 0 Å². The van der Waals surface area contributed by atoms with Gasteiger partial charge in [0.15, 0.2) is 11.0 Å². The normalized spacial score (nSPS) is 15.0. The number of carbonyl (C=O) groups excluding carboxylic acids is 1. The van der Waals surface area contributed by atoms with Crippen molar-refractivity contribution < 1.29 is 4.79 Å². The molecule has 4 rings (SSSR count). The number of thiophene rings is 1. The molecule has 26 heavy (non-hydrogen) atoms. The molecule has 0 radical (unpaired) electrons. The van der Waals surface area contributed by atoms with E-state index in [1.165, 1.54) is 34.7 Å². The summed E-state index contributed by atoms with van der Waals surface area (Å²) in [6.07, 6.45) is 4.66. The standard InChI is InChI=1S/C19H22N4OS2/c1-2-23-18(15-11-25-16-10-6-5-9-14(15)16)21-22-19(23)26-12-17(24)20-13-7-3-4-8-13/h5-6,9-11,13H,2-4,7-8,12H2,1H3,(H,20,24). The molecule has 0 saturated heterocycles. The van der Waals surface area contributed by atoms with Crippen molar-refractivity contribution >= 4 is 39.1 Å². The molecule has 136 valence electrons. The molecule has 7 heteroatoms. The fourth-order valence-corrected chi connectivity index (χ4v) is 5.25. The lowest BCUT2D eigenvalue weighted by atomic mass is 10.1. The van der Waals surface area contributed by atoms with Crippen LogP contribution in [0, 0.1) is 0 Å². The highest BCUT2D eigenvalue weighted by atomic mass is 32.2. The van der Waals surface area contributed by atoms with E-state index in [0.717, 1.165) is 35.9 Å². The summed E-state index contributed by atoms with van der Waals surface area (Å²) < 4.78 is 3.35. The number of amides is 1. The molecule has 3 aromatic rings. The van der Waals surface area contributed by atoms with Crippen LogP contribution in [0.25, 0.3) is 21.5 Å². The van der Waals surface area contributed by atoms with Crippen LogP contribution in [0.1, 0.15) is 32.6 Å². The topological polar surface area (TPSA) is 59.8 Å². The predicted octanol–water partition coefficient (Wildman–Crippen LogP) is 4.33. The van der Waals surface area contributed by atoms with Gasteiger partial charge >= 0.3 is 0 Å². The number of rotatable bonds is 6. The fourth-order valence-electron chi connectivity index (χ4n) is 3.50. The van der Waals surface area contributed by atoms with Crippen LogP contribution in [0.4, 0.5) is 0 Å². The molecule has 1 N–H and O–H groups in total. The summed E-state index contributed by atoms with van der Waals surface area (Å²) in [6, 6.07) is 8.71. The Balaban J connectivity index is 1.50. The quantitative estimate of drug-likeness (QED) is 0.641. The van der Waals surface area contributed by atoms with E-state index in [0.29, 0.717) is 11.8 Å². The van der Waals surface area contributed by atoms with E-state index in [2.05, 4.69) is 50.6 Å². The molecule has 0 atom stereocenters. The summed E-state index contributed by atoms with van der Waals surface area (Å²) in [4.78, 5) is 12.2. The molecule has 2 heterocycles. The fraction of sp³-hybridized carbons (Fsp3) is 0.421. The largest absolute Gasteiger partial charge is 0.353 e. The van der Waals surface area contributed by atoms with Crippen LogP contribution in [-0.4, -0.2) is 32.5 Å². The monoisotopic (exact) mass is 386 g/mol. The number of hydrogen-bond acceptors (Lipinski definition) is 5. The van der Waals surface area contributed by atoms with Crippen LogP contribution in [-0.2, 0) is 11.3 Å². The van der Waals surface area contributed by atoms with E-state index in [1.54, 1.807) is 11.3 Å². The summed E-state index contributed by atoms with van der Waals surface area (Å²) in [5.41, 5.74) is 1.11. The second-order valence-electron chi connectivity index (χ2n) is 6.53. The van der Waals surface area contributed by atoms with Crippen molar-refractivity contribution in [2.24, 2.45) is 0 Å². The molecule has 1 aliphatic rings. The molecule has 1 amide bonds. The lowest BCUT2D eigenvalue weighted by Crippen LogP contribution is -2.33. The first-order chi connectivity index (χ1) is 12.8. The summed E-state index contributed by atoms with van der Waals surface area (Å²) in [5.74, 6) is 1.36. The molecule has 0 unspecified atom stereocenters. The first kappa shape index (κ1) is 17.5. The Kier molecular flexibility index (Phi) is 5.26. The third-order valence-electron chi connectivity index (χ3n) is 4.81. The van der Waals surface area contributed by atoms with Crippen molar-refractivity contribution in [3.63, 3.8) is 0 Å². The number of hydrogen-bond donors (Lipinski definition) is 1. The van der Waals surface area contributed by atoms with Crippen molar-refractivity contribution in [2.45, 2.75) is 50.4 Å². The first-order valence-corrected chi connectivity index (χ1v) is 10.9. The van der Waals surface area contributed by atoms with Gasteiger partial charge < -0.3 is 9.88 Å². The smallest absolute Gasteiger partial charge is 0.230 e. The summed E-state index contributed by atoms with van der Waals surface area (Å²) in [5, 5.41) is 16.1. The molecule has 2 aromatic heterocycles. The Hall–Kier alpha value is -1.86. The summed E-state index contributed by atoms with van der Waals surface area (Å²) in [6.45, 7) is 2.86. The second-order valence-corrected chi connectivity index (χ2v) is 8.39. The van der Waals surface area contributed by atoms with Crippen LogP contribution in [0.5, 0.6) is 0 Å². The average molecular weight is 387 g/mol. The van der Waals surface area contributed by atoms with Gasteiger partial charge in [0.1, 0.15) is 0 Å². The number of fused-ring (bicyclic) bond motifs is 1. The van der Waals surface area contributed by atoms with Crippen molar-refractivity contribution in [2.75, 3.05) is 5.75 Å². The minimum atomic E-state index is 0.0927. The van der Waals surface area contributed by atoms with Crippen molar-refractivity contribution in [3.8, 4) is 11.4 Å². The molecule has 0 aliphatic heterocycles. The van der Waals surface area contributed by atoms with Gasteiger partial charge in [0.25, 0.3) is 0 Å². The number of benzene rings is 1. The SMILES string of the molecule is CCn1c(SCC(=O)NC2CCCC2)nnc1-c1csc2ccccc12. The molecule has 1 aliphatic carbocycles. The van der Waals surface area contributed by atoms with E-state index in [9.17, 15) is 4.79 Å². The predicted molar refractivity (Wildman–Crippen MR) is 108 cm³/mol. The van der Waals surface area contributed by atoms with Crippen LogP contribution >= 0.6 is 23.1 Å². The van der Waals surface area contributed by atoms with E-state index < -0.39 is 0 Å². The Morgan fingerprint density at radius 1 is 1.31 bits per heavy atom. The van der Waals surface area contributed by atoms with Crippen molar-refractivity contribution in [3.05, 3.63) is 29.6 Å². The van der Waals surface area contributed by atoms with Gasteiger partial charge in [0.05, 0.1) is 5.75 Å². The third kappa shape index (κ3) is 3.50. The lowest BCUT2D eigenvalue weighted by molar-refractivity contribution is -0.119. The molecule has 5 nitrogen and oxygen atoms in total. The third-order valence-corrected chi connectivity index (χ3v) is 6.74. The molecular weight excluding hydrogens is 364 g/mol. The molecule has 1 aromatic carbocycles. The Morgan fingerprint density at radius 3 is 2.92 bits per heavy atom. The number of aromatic nitrogens is 3. The number of nitrogens with one attached hydrogen (secondary N) is 1. The van der Waals surface area contributed by atoms with Gasteiger partial charge in [-0.1, -0.05) is 42.8 Å². The molecular formula is C19H22N4OS2. The Labute approximate surface area is 161 Å². The second kappa shape index (κ2) is 7.80. The minimum absolute atomic E-state index is 0.0927. The lowest BCUT2D eigenvalue weighted by Gasteiger charge is -2.11. The van der Waals surface area contributed by atoms with E-state index >= 15 is 0 Å². The number of carbonyl (C=O) groups is 1. The molecule has 0 spiro atoms. The molecule has 0 bridgehead atoms. The van der Waals surface area contributed by atoms with E-state index in [1.807, 2.05) is 6.07 Å². The van der Waals surface area contributed by atoms with Gasteiger partial charge in [-0.25, -0.2) is 0 Å².